The summed E-state index contributed by atoms with van der Waals surface area (Å²) in [6.07, 6.45) is 2.05. The molecule has 0 fully saturated rings. The molecule has 84 heavy (non-hydrogen) atoms. The average Bonchev–Trinajstić information content (AvgIpc) is 2.04. The molecule has 0 radical (unpaired) electrons. The first-order chi connectivity index (χ1) is 41.6. The number of hydrogen-bond acceptors (Lipinski definition) is 0. The number of benzene rings is 13. The molecule has 0 saturated heterocycles. The van der Waals surface area contributed by atoms with Gasteiger partial charge in [0.1, 0.15) is 0 Å². The van der Waals surface area contributed by atoms with Gasteiger partial charge in [0.05, 0.1) is 33.1 Å². The van der Waals surface area contributed by atoms with E-state index in [1.807, 2.05) is 0 Å². The first kappa shape index (κ1) is 48.0. The molecule has 3 aromatic heterocycles. The van der Waals surface area contributed by atoms with Crippen molar-refractivity contribution in [3.05, 3.63) is 320 Å². The van der Waals surface area contributed by atoms with Crippen molar-refractivity contribution in [2.45, 2.75) is 18.8 Å². The Morgan fingerprint density at radius 1 is 0.226 bits per heavy atom. The van der Waals surface area contributed by atoms with Crippen LogP contribution in [-0.2, 0) is 6.42 Å². The third-order valence-corrected chi connectivity index (χ3v) is 18.1. The van der Waals surface area contributed by atoms with Crippen LogP contribution in [0, 0.1) is 0 Å². The maximum Gasteiger partial charge on any atom is 0.0544 e. The standard InChI is InChI=1S/C81H55N3/c1-4-17-54(18-5-1)55-34-31-53(32-35-55)33-43-67-65-25-10-11-26-66(65)70-51-75-69-28-13-15-30-77(69)84(81(75)52-71(67)70)64-41-36-56(37-42-64)57-19-16-20-58(47-57)59-38-45-79-73(49-59)74-50-61(40-46-80(74)83(79)63-23-8-3-9-24-63)60-39-44-78-72(48-60)68-27-12-14-29-76(68)82(78)62-21-6-2-7-22-62/h1-32,34-42,44-52,67H,33,43H2. The Hall–Kier alpha value is -10.7. The number of aryl methyl sites for hydroxylation is 1. The minimum Gasteiger partial charge on any atom is -0.309 e. The molecule has 3 heterocycles. The van der Waals surface area contributed by atoms with Crippen molar-refractivity contribution in [3.63, 3.8) is 0 Å². The second kappa shape index (κ2) is 19.5. The van der Waals surface area contributed by atoms with Crippen LogP contribution >= 0.6 is 0 Å². The van der Waals surface area contributed by atoms with Crippen LogP contribution in [0.25, 0.3) is 138 Å². The molecule has 3 nitrogen and oxygen atoms in total. The van der Waals surface area contributed by atoms with Gasteiger partial charge in [0.2, 0.25) is 0 Å². The van der Waals surface area contributed by atoms with E-state index in [0.29, 0.717) is 5.92 Å². The first-order valence-electron chi connectivity index (χ1n) is 29.4. The fourth-order valence-electron chi connectivity index (χ4n) is 14.1. The Morgan fingerprint density at radius 2 is 0.619 bits per heavy atom. The Kier molecular flexibility index (Phi) is 11.1. The Morgan fingerprint density at radius 3 is 1.21 bits per heavy atom. The van der Waals surface area contributed by atoms with Crippen LogP contribution < -0.4 is 0 Å². The minimum absolute atomic E-state index is 0.304. The number of rotatable bonds is 10. The van der Waals surface area contributed by atoms with Gasteiger partial charge in [-0.1, -0.05) is 200 Å². The van der Waals surface area contributed by atoms with Gasteiger partial charge in [-0.2, -0.15) is 0 Å². The molecule has 394 valence electrons. The highest BCUT2D eigenvalue weighted by atomic mass is 15.0. The van der Waals surface area contributed by atoms with Gasteiger partial charge >= 0.3 is 0 Å². The molecule has 0 bridgehead atoms. The molecule has 16 aromatic rings. The highest BCUT2D eigenvalue weighted by Crippen LogP contribution is 2.50. The van der Waals surface area contributed by atoms with Gasteiger partial charge in [-0.25, -0.2) is 0 Å². The molecule has 0 spiro atoms. The van der Waals surface area contributed by atoms with Crippen LogP contribution in [0.1, 0.15) is 29.0 Å². The molecule has 17 rings (SSSR count). The summed E-state index contributed by atoms with van der Waals surface area (Å²) >= 11 is 0. The summed E-state index contributed by atoms with van der Waals surface area (Å²) in [6, 6.07) is 112. The summed E-state index contributed by atoms with van der Waals surface area (Å²) in [5.74, 6) is 0.304. The Bertz CT molecular complexity index is 5220. The lowest BCUT2D eigenvalue weighted by molar-refractivity contribution is 0.730. The molecule has 1 aliphatic rings. The molecule has 0 aliphatic heterocycles. The summed E-state index contributed by atoms with van der Waals surface area (Å²) in [5.41, 5.74) is 27.3. The highest BCUT2D eigenvalue weighted by Gasteiger charge is 2.30. The van der Waals surface area contributed by atoms with E-state index in [4.69, 9.17) is 0 Å². The van der Waals surface area contributed by atoms with Crippen LogP contribution in [0.5, 0.6) is 0 Å². The van der Waals surface area contributed by atoms with E-state index in [0.717, 1.165) is 24.2 Å². The van der Waals surface area contributed by atoms with Gasteiger partial charge in [-0.15, -0.1) is 0 Å². The summed E-state index contributed by atoms with van der Waals surface area (Å²) in [6.45, 7) is 0. The zero-order valence-electron chi connectivity index (χ0n) is 46.2. The number of nitrogens with zero attached hydrogens (tertiary/aromatic N) is 3. The molecular weight excluding hydrogens is 1010 g/mol. The predicted molar refractivity (Wildman–Crippen MR) is 353 cm³/mol. The van der Waals surface area contributed by atoms with Crippen LogP contribution in [-0.4, -0.2) is 13.7 Å². The molecular formula is C81H55N3. The smallest absolute Gasteiger partial charge is 0.0544 e. The van der Waals surface area contributed by atoms with E-state index in [9.17, 15) is 0 Å². The number of aromatic nitrogens is 3. The molecule has 1 atom stereocenters. The summed E-state index contributed by atoms with van der Waals surface area (Å²) in [5, 5.41) is 7.52. The number of fused-ring (bicyclic) bond motifs is 12. The summed E-state index contributed by atoms with van der Waals surface area (Å²) in [4.78, 5) is 0. The van der Waals surface area contributed by atoms with Crippen LogP contribution in [0.4, 0.5) is 0 Å². The predicted octanol–water partition coefficient (Wildman–Crippen LogP) is 21.4. The third-order valence-electron chi connectivity index (χ3n) is 18.1. The van der Waals surface area contributed by atoms with Crippen molar-refractivity contribution in [2.24, 2.45) is 0 Å². The summed E-state index contributed by atoms with van der Waals surface area (Å²) in [7, 11) is 0. The second-order valence-electron chi connectivity index (χ2n) is 22.7. The van der Waals surface area contributed by atoms with Crippen molar-refractivity contribution < 1.29 is 0 Å². The lowest BCUT2D eigenvalue weighted by atomic mass is 9.90. The van der Waals surface area contributed by atoms with Gasteiger partial charge in [0.15, 0.2) is 0 Å². The fraction of sp³-hybridized carbons (Fsp3) is 0.0370. The molecule has 3 heteroatoms. The topological polar surface area (TPSA) is 14.8 Å². The molecule has 13 aromatic carbocycles. The third kappa shape index (κ3) is 7.81. The van der Waals surface area contributed by atoms with E-state index in [2.05, 4.69) is 317 Å². The van der Waals surface area contributed by atoms with Crippen LogP contribution in [0.15, 0.2) is 303 Å². The van der Waals surface area contributed by atoms with Gasteiger partial charge in [0, 0.05) is 55.3 Å². The van der Waals surface area contributed by atoms with Crippen molar-refractivity contribution in [1.29, 1.82) is 0 Å². The van der Waals surface area contributed by atoms with Crippen LogP contribution in [0.2, 0.25) is 0 Å². The summed E-state index contributed by atoms with van der Waals surface area (Å²) < 4.78 is 7.29. The van der Waals surface area contributed by atoms with Gasteiger partial charge < -0.3 is 13.7 Å². The molecule has 1 unspecified atom stereocenters. The Balaban J connectivity index is 0.718. The van der Waals surface area contributed by atoms with E-state index in [1.165, 1.54) is 143 Å². The normalized spacial score (nSPS) is 13.0. The van der Waals surface area contributed by atoms with Gasteiger partial charge in [0.25, 0.3) is 0 Å². The zero-order chi connectivity index (χ0) is 55.2. The van der Waals surface area contributed by atoms with E-state index in [1.54, 1.807) is 0 Å². The van der Waals surface area contributed by atoms with Crippen molar-refractivity contribution >= 4 is 65.4 Å². The minimum atomic E-state index is 0.304. The van der Waals surface area contributed by atoms with Crippen molar-refractivity contribution in [2.75, 3.05) is 0 Å². The van der Waals surface area contributed by atoms with E-state index < -0.39 is 0 Å². The zero-order valence-corrected chi connectivity index (χ0v) is 46.2. The largest absolute Gasteiger partial charge is 0.309 e. The number of para-hydroxylation sites is 4. The molecule has 0 N–H and O–H groups in total. The second-order valence-corrected chi connectivity index (χ2v) is 22.7. The number of hydrogen-bond donors (Lipinski definition) is 0. The lowest BCUT2D eigenvalue weighted by Crippen LogP contribution is -2.00. The van der Waals surface area contributed by atoms with Gasteiger partial charge in [-0.05, 0) is 188 Å². The molecule has 0 saturated carbocycles. The highest BCUT2D eigenvalue weighted by molar-refractivity contribution is 6.14. The van der Waals surface area contributed by atoms with E-state index >= 15 is 0 Å². The SMILES string of the molecule is c1ccc(-c2ccc(CCC3c4ccccc4-c4cc5c6ccccc6n(-c6ccc(-c7cccc(-c8ccc9c(c8)c8cc(-c%10ccc%11c(c%10)c%10ccccc%10n%11-c%10ccccc%10)ccc8n9-c8ccccc8)c7)cc6)c5cc43)cc2)cc1. The maximum atomic E-state index is 2.52. The lowest BCUT2D eigenvalue weighted by Gasteiger charge is -2.15. The monoisotopic (exact) mass is 1070 g/mol. The van der Waals surface area contributed by atoms with E-state index in [-0.39, 0.29) is 0 Å². The molecule has 1 aliphatic carbocycles. The van der Waals surface area contributed by atoms with Crippen molar-refractivity contribution in [1.82, 2.24) is 13.7 Å². The van der Waals surface area contributed by atoms with Crippen LogP contribution in [0.3, 0.4) is 0 Å². The average molecular weight is 1070 g/mol. The van der Waals surface area contributed by atoms with Gasteiger partial charge in [-0.3, -0.25) is 0 Å². The van der Waals surface area contributed by atoms with Crippen molar-refractivity contribution in [3.8, 4) is 72.7 Å². The Labute approximate surface area is 487 Å². The molecule has 0 amide bonds. The first-order valence-corrected chi connectivity index (χ1v) is 29.4. The fourth-order valence-corrected chi connectivity index (χ4v) is 14.1. The maximum absolute atomic E-state index is 2.52. The quantitative estimate of drug-likeness (QED) is 0.130.